The molecule has 4 aromatic rings. The largest absolute Gasteiger partial charge is 0.325 e. The number of hydrogen-bond donors (Lipinski definition) is 2. The summed E-state index contributed by atoms with van der Waals surface area (Å²) >= 11 is 0. The predicted octanol–water partition coefficient (Wildman–Crippen LogP) is 6.31. The Hall–Kier alpha value is -3.18. The Labute approximate surface area is 213 Å². The Morgan fingerprint density at radius 1 is 0.765 bits per heavy atom. The number of rotatable bonds is 6. The van der Waals surface area contributed by atoms with Gasteiger partial charge in [-0.15, -0.1) is 24.8 Å². The first-order valence-electron chi connectivity index (χ1n) is 10.7. The van der Waals surface area contributed by atoms with Crippen LogP contribution < -0.4 is 11.1 Å². The number of anilines is 1. The van der Waals surface area contributed by atoms with Crippen LogP contribution in [0.3, 0.4) is 0 Å². The van der Waals surface area contributed by atoms with E-state index in [1.165, 1.54) is 5.56 Å². The van der Waals surface area contributed by atoms with Crippen molar-refractivity contribution in [2.45, 2.75) is 25.8 Å². The van der Waals surface area contributed by atoms with Crippen LogP contribution in [0.5, 0.6) is 0 Å². The summed E-state index contributed by atoms with van der Waals surface area (Å²) in [6.45, 7) is 4.11. The van der Waals surface area contributed by atoms with E-state index in [2.05, 4.69) is 24.1 Å². The molecule has 3 N–H and O–H groups in total. The number of hydrogen-bond acceptors (Lipinski definition) is 3. The highest BCUT2D eigenvalue weighted by atomic mass is 35.5. The molecule has 1 unspecified atom stereocenters. The molecule has 4 rings (SSSR count). The third-order valence-electron chi connectivity index (χ3n) is 5.75. The zero-order chi connectivity index (χ0) is 22.5. The van der Waals surface area contributed by atoms with Crippen LogP contribution in [0.15, 0.2) is 97.3 Å². The molecule has 0 radical (unpaired) electrons. The fraction of sp³-hybridized carbons (Fsp3) is 0.143. The number of aromatic nitrogens is 1. The number of nitrogens with two attached hydrogens (primary N) is 1. The molecule has 0 saturated heterocycles. The van der Waals surface area contributed by atoms with E-state index in [-0.39, 0.29) is 36.6 Å². The van der Waals surface area contributed by atoms with Gasteiger partial charge >= 0.3 is 0 Å². The molecule has 0 spiro atoms. The first-order chi connectivity index (χ1) is 15.5. The van der Waals surface area contributed by atoms with Gasteiger partial charge < -0.3 is 11.1 Å². The molecule has 0 fully saturated rings. The van der Waals surface area contributed by atoms with Crippen LogP contribution in [0.1, 0.15) is 28.2 Å². The van der Waals surface area contributed by atoms with E-state index in [0.29, 0.717) is 0 Å². The summed E-state index contributed by atoms with van der Waals surface area (Å²) in [5, 5.41) is 2.99. The van der Waals surface area contributed by atoms with E-state index in [4.69, 9.17) is 5.73 Å². The minimum Gasteiger partial charge on any atom is -0.325 e. The van der Waals surface area contributed by atoms with Crippen molar-refractivity contribution in [1.29, 1.82) is 0 Å². The average molecular weight is 494 g/mol. The standard InChI is InChI=1S/C28H27N3O.2ClH/c1-19-17-30-18-20(2)25(19)23-13-15-24(16-14-23)31-28(32)27(29)26(21-9-5-3-6-10-21)22-11-7-4-8-12-22;;/h3-18,26-27H,29H2,1-2H3,(H,31,32);2*1H. The highest BCUT2D eigenvalue weighted by Gasteiger charge is 2.27. The van der Waals surface area contributed by atoms with Crippen LogP contribution in [0, 0.1) is 13.8 Å². The number of nitrogens with zero attached hydrogens (tertiary/aromatic N) is 1. The highest BCUT2D eigenvalue weighted by Crippen LogP contribution is 2.29. The van der Waals surface area contributed by atoms with E-state index in [0.717, 1.165) is 33.5 Å². The second-order valence-corrected chi connectivity index (χ2v) is 8.04. The van der Waals surface area contributed by atoms with Gasteiger partial charge in [0, 0.05) is 24.0 Å². The van der Waals surface area contributed by atoms with Crippen LogP contribution >= 0.6 is 24.8 Å². The topological polar surface area (TPSA) is 68.0 Å². The first-order valence-corrected chi connectivity index (χ1v) is 10.7. The predicted molar refractivity (Wildman–Crippen MR) is 145 cm³/mol. The number of aryl methyl sites for hydroxylation is 2. The van der Waals surface area contributed by atoms with Gasteiger partial charge in [0.25, 0.3) is 0 Å². The van der Waals surface area contributed by atoms with E-state index in [1.54, 1.807) is 0 Å². The summed E-state index contributed by atoms with van der Waals surface area (Å²) in [6, 6.07) is 27.0. The normalized spacial score (nSPS) is 11.2. The van der Waals surface area contributed by atoms with Crippen molar-refractivity contribution in [2.75, 3.05) is 5.32 Å². The molecule has 34 heavy (non-hydrogen) atoms. The maximum atomic E-state index is 13.1. The number of pyridine rings is 1. The quantitative estimate of drug-likeness (QED) is 0.330. The molecule has 0 bridgehead atoms. The number of nitrogens with one attached hydrogen (secondary N) is 1. The lowest BCUT2D eigenvalue weighted by Crippen LogP contribution is -2.41. The van der Waals surface area contributed by atoms with Gasteiger partial charge in [-0.2, -0.15) is 0 Å². The molecule has 1 atom stereocenters. The molecule has 3 aromatic carbocycles. The molecule has 6 heteroatoms. The monoisotopic (exact) mass is 493 g/mol. The van der Waals surface area contributed by atoms with Gasteiger partial charge in [0.1, 0.15) is 0 Å². The lowest BCUT2D eigenvalue weighted by molar-refractivity contribution is -0.117. The van der Waals surface area contributed by atoms with Gasteiger partial charge in [0.05, 0.1) is 6.04 Å². The summed E-state index contributed by atoms with van der Waals surface area (Å²) in [7, 11) is 0. The third-order valence-corrected chi connectivity index (χ3v) is 5.75. The maximum Gasteiger partial charge on any atom is 0.242 e. The van der Waals surface area contributed by atoms with Gasteiger partial charge in [-0.05, 0) is 59.4 Å². The smallest absolute Gasteiger partial charge is 0.242 e. The van der Waals surface area contributed by atoms with Crippen LogP contribution in [-0.4, -0.2) is 16.9 Å². The third kappa shape index (κ3) is 6.03. The molecular formula is C28H29Cl2N3O. The molecule has 176 valence electrons. The van der Waals surface area contributed by atoms with Crippen molar-refractivity contribution < 1.29 is 4.79 Å². The van der Waals surface area contributed by atoms with Crippen LogP contribution in [0.2, 0.25) is 0 Å². The molecular weight excluding hydrogens is 465 g/mol. The minimum absolute atomic E-state index is 0. The summed E-state index contributed by atoms with van der Waals surface area (Å²) < 4.78 is 0. The van der Waals surface area contributed by atoms with Gasteiger partial charge in [-0.25, -0.2) is 0 Å². The van der Waals surface area contributed by atoms with Crippen molar-refractivity contribution in [2.24, 2.45) is 5.73 Å². The number of halogens is 2. The summed E-state index contributed by atoms with van der Waals surface area (Å²) in [5.41, 5.74) is 13.8. The Kier molecular flexibility index (Phi) is 9.82. The summed E-state index contributed by atoms with van der Waals surface area (Å²) in [6.07, 6.45) is 3.73. The van der Waals surface area contributed by atoms with Gasteiger partial charge in [-0.3, -0.25) is 9.78 Å². The lowest BCUT2D eigenvalue weighted by Gasteiger charge is -2.24. The first kappa shape index (κ1) is 27.1. The maximum absolute atomic E-state index is 13.1. The molecule has 0 aliphatic heterocycles. The highest BCUT2D eigenvalue weighted by molar-refractivity contribution is 5.96. The van der Waals surface area contributed by atoms with Crippen LogP contribution in [0.4, 0.5) is 5.69 Å². The fourth-order valence-corrected chi connectivity index (χ4v) is 4.18. The van der Waals surface area contributed by atoms with Crippen molar-refractivity contribution in [3.63, 3.8) is 0 Å². The Bertz CT molecular complexity index is 1140. The van der Waals surface area contributed by atoms with Crippen molar-refractivity contribution in [3.8, 4) is 11.1 Å². The van der Waals surface area contributed by atoms with E-state index in [9.17, 15) is 4.79 Å². The Morgan fingerprint density at radius 2 is 1.24 bits per heavy atom. The SMILES string of the molecule is Cc1cncc(C)c1-c1ccc(NC(=O)C(N)C(c2ccccc2)c2ccccc2)cc1.Cl.Cl. The number of carbonyl (C=O) groups excluding carboxylic acids is 1. The van der Waals surface area contributed by atoms with E-state index < -0.39 is 6.04 Å². The van der Waals surface area contributed by atoms with Gasteiger partial charge in [0.15, 0.2) is 0 Å². The Balaban J connectivity index is 0.00000204. The number of amides is 1. The van der Waals surface area contributed by atoms with Crippen LogP contribution in [0.25, 0.3) is 11.1 Å². The van der Waals surface area contributed by atoms with Crippen molar-refractivity contribution >= 4 is 36.4 Å². The average Bonchev–Trinajstić information content (AvgIpc) is 2.81. The minimum atomic E-state index is -0.732. The van der Waals surface area contributed by atoms with Crippen molar-refractivity contribution in [3.05, 3.63) is 120 Å². The van der Waals surface area contributed by atoms with Crippen molar-refractivity contribution in [1.82, 2.24) is 4.98 Å². The molecule has 1 heterocycles. The molecule has 1 aromatic heterocycles. The van der Waals surface area contributed by atoms with E-state index >= 15 is 0 Å². The lowest BCUT2D eigenvalue weighted by atomic mass is 9.85. The number of benzene rings is 3. The second-order valence-electron chi connectivity index (χ2n) is 8.04. The fourth-order valence-electron chi connectivity index (χ4n) is 4.18. The van der Waals surface area contributed by atoms with Crippen LogP contribution in [-0.2, 0) is 4.79 Å². The molecule has 4 nitrogen and oxygen atoms in total. The molecule has 0 aliphatic carbocycles. The zero-order valence-corrected chi connectivity index (χ0v) is 20.8. The number of carbonyl (C=O) groups is 1. The van der Waals surface area contributed by atoms with Gasteiger partial charge in [-0.1, -0.05) is 72.8 Å². The summed E-state index contributed by atoms with van der Waals surface area (Å²) in [5.74, 6) is -0.453. The molecule has 0 aliphatic rings. The Morgan fingerprint density at radius 3 is 1.71 bits per heavy atom. The van der Waals surface area contributed by atoms with E-state index in [1.807, 2.05) is 97.3 Å². The van der Waals surface area contributed by atoms with Gasteiger partial charge in [0.2, 0.25) is 5.91 Å². The second kappa shape index (κ2) is 12.3. The summed E-state index contributed by atoms with van der Waals surface area (Å²) in [4.78, 5) is 17.4. The zero-order valence-electron chi connectivity index (χ0n) is 19.1. The molecule has 1 amide bonds. The molecule has 0 saturated carbocycles.